The van der Waals surface area contributed by atoms with Gasteiger partial charge >= 0.3 is 12.4 Å². The van der Waals surface area contributed by atoms with Gasteiger partial charge in [-0.15, -0.1) is 4.79 Å². The monoisotopic (exact) mass is 162 g/mol. The van der Waals surface area contributed by atoms with Gasteiger partial charge in [-0.05, 0) is 12.1 Å². The lowest BCUT2D eigenvalue weighted by Gasteiger charge is -1.90. The fourth-order valence-electron chi connectivity index (χ4n) is 0.776. The van der Waals surface area contributed by atoms with Crippen molar-refractivity contribution in [2.24, 2.45) is 0 Å². The number of hydrogen-bond donors (Lipinski definition) is 0. The first kappa shape index (κ1) is 8.17. The summed E-state index contributed by atoms with van der Waals surface area (Å²) in [5.74, 6) is -0.106. The second-order valence-electron chi connectivity index (χ2n) is 1.99. The van der Waals surface area contributed by atoms with Gasteiger partial charge in [0.25, 0.3) is 0 Å². The summed E-state index contributed by atoms with van der Waals surface area (Å²) >= 11 is 0. The predicted octanol–water partition coefficient (Wildman–Crippen LogP) is 0.836. The Labute approximate surface area is 69.0 Å². The van der Waals surface area contributed by atoms with Crippen LogP contribution < -0.4 is 0 Å². The Hall–Kier alpha value is -1.93. The van der Waals surface area contributed by atoms with Crippen molar-refractivity contribution >= 4 is 12.4 Å². The highest BCUT2D eigenvalue weighted by molar-refractivity contribution is 5.93. The molecule has 0 atom stereocenters. The number of rotatable bonds is 2. The molecule has 0 aliphatic heterocycles. The van der Waals surface area contributed by atoms with Crippen molar-refractivity contribution in [2.45, 2.75) is 0 Å². The van der Waals surface area contributed by atoms with Crippen LogP contribution in [-0.2, 0) is 9.53 Å². The molecule has 60 valence electrons. The van der Waals surface area contributed by atoms with E-state index in [-0.39, 0.29) is 12.4 Å². The van der Waals surface area contributed by atoms with E-state index in [1.807, 2.05) is 0 Å². The van der Waals surface area contributed by atoms with E-state index in [2.05, 4.69) is 9.53 Å². The summed E-state index contributed by atoms with van der Waals surface area (Å²) in [4.78, 5) is 12.7. The third kappa shape index (κ3) is 1.78. The molecule has 1 aromatic rings. The molecule has 0 unspecified atom stereocenters. The van der Waals surface area contributed by atoms with E-state index in [0.717, 1.165) is 0 Å². The first-order chi connectivity index (χ1) is 5.88. The minimum absolute atomic E-state index is 0.106. The maximum absolute atomic E-state index is 9.93. The van der Waals surface area contributed by atoms with Crippen molar-refractivity contribution in [3.63, 3.8) is 0 Å². The van der Waals surface area contributed by atoms with Crippen molar-refractivity contribution in [2.75, 3.05) is 0 Å². The number of nitrogens with zero attached hydrogens (tertiary/aromatic N) is 2. The highest BCUT2D eigenvalue weighted by atomic mass is 16.5. The van der Waals surface area contributed by atoms with Crippen molar-refractivity contribution in [1.29, 1.82) is 0 Å². The van der Waals surface area contributed by atoms with Gasteiger partial charge in [0, 0.05) is 0 Å². The Morgan fingerprint density at radius 3 is 2.58 bits per heavy atom. The van der Waals surface area contributed by atoms with E-state index in [9.17, 15) is 4.79 Å². The van der Waals surface area contributed by atoms with Crippen LogP contribution in [0, 0.1) is 0 Å². The summed E-state index contributed by atoms with van der Waals surface area (Å²) < 4.78 is 4.40. The van der Waals surface area contributed by atoms with Gasteiger partial charge in [-0.3, -0.25) is 4.79 Å². The number of hydrogen-bond acceptors (Lipinski definition) is 2. The average molecular weight is 162 g/mol. The summed E-state index contributed by atoms with van der Waals surface area (Å²) in [6, 6.07) is 8.62. The Kier molecular flexibility index (Phi) is 2.76. The van der Waals surface area contributed by atoms with E-state index < -0.39 is 0 Å². The molecule has 0 aliphatic rings. The van der Waals surface area contributed by atoms with E-state index >= 15 is 0 Å². The Bertz CT molecular complexity index is 315. The topological polar surface area (TPSA) is 62.7 Å². The highest BCUT2D eigenvalue weighted by Gasteiger charge is 2.11. The maximum atomic E-state index is 9.93. The molecule has 0 aliphatic carbocycles. The molecule has 4 heteroatoms. The Balaban J connectivity index is 2.96. The molecule has 12 heavy (non-hydrogen) atoms. The van der Waals surface area contributed by atoms with Gasteiger partial charge in [-0.25, -0.2) is 0 Å². The molecule has 1 rings (SSSR count). The summed E-state index contributed by atoms with van der Waals surface area (Å²) in [5, 5.41) is 0. The van der Waals surface area contributed by atoms with Gasteiger partial charge in [0.2, 0.25) is 0 Å². The molecular formula is C8H6N2O2. The molecule has 0 heterocycles. The molecule has 0 saturated heterocycles. The normalized spacial score (nSPS) is 8.33. The predicted molar refractivity (Wildman–Crippen MR) is 41.3 cm³/mol. The summed E-state index contributed by atoms with van der Waals surface area (Å²) in [7, 11) is 0. The molecule has 0 saturated carbocycles. The summed E-state index contributed by atoms with van der Waals surface area (Å²) in [5.41, 5.74) is 8.96. The lowest BCUT2D eigenvalue weighted by atomic mass is 10.2. The van der Waals surface area contributed by atoms with Gasteiger partial charge in [0.15, 0.2) is 0 Å². The molecule has 0 N–H and O–H groups in total. The summed E-state index contributed by atoms with van der Waals surface area (Å²) in [6.07, 6.45) is 0. The summed E-state index contributed by atoms with van der Waals surface area (Å²) in [6.45, 7) is 0.210. The third-order valence-electron chi connectivity index (χ3n) is 1.27. The standard InChI is InChI=1S/C8H6N2O2/c9-10-8(12-6-11)7-4-2-1-3-5-7/h1-6H. The lowest BCUT2D eigenvalue weighted by molar-refractivity contribution is -0.126. The zero-order valence-corrected chi connectivity index (χ0v) is 6.18. The van der Waals surface area contributed by atoms with Crippen molar-refractivity contribution < 1.29 is 14.3 Å². The molecule has 0 amide bonds. The average Bonchev–Trinajstić information content (AvgIpc) is 2.15. The Morgan fingerprint density at radius 2 is 2.08 bits per heavy atom. The van der Waals surface area contributed by atoms with E-state index in [0.29, 0.717) is 5.56 Å². The minimum atomic E-state index is -0.106. The number of carbonyl (C=O) groups is 1. The van der Waals surface area contributed by atoms with Gasteiger partial charge in [-0.1, -0.05) is 18.2 Å². The minimum Gasteiger partial charge on any atom is -0.361 e. The first-order valence-corrected chi connectivity index (χ1v) is 3.26. The van der Waals surface area contributed by atoms with Crippen molar-refractivity contribution in [3.8, 4) is 0 Å². The van der Waals surface area contributed by atoms with Crippen LogP contribution in [0.15, 0.2) is 30.3 Å². The molecule has 0 spiro atoms. The number of carbonyl (C=O) groups excluding carboxylic acids is 1. The zero-order chi connectivity index (χ0) is 8.81. The fourth-order valence-corrected chi connectivity index (χ4v) is 0.776. The van der Waals surface area contributed by atoms with Gasteiger partial charge < -0.3 is 10.3 Å². The molecule has 4 nitrogen and oxygen atoms in total. The molecule has 0 bridgehead atoms. The second kappa shape index (κ2) is 4.05. The molecule has 0 fully saturated rings. The van der Waals surface area contributed by atoms with Gasteiger partial charge in [-0.2, -0.15) is 0 Å². The quantitative estimate of drug-likeness (QED) is 0.212. The molecular weight excluding hydrogens is 156 g/mol. The first-order valence-electron chi connectivity index (χ1n) is 3.26. The molecule has 1 aromatic carbocycles. The van der Waals surface area contributed by atoms with Gasteiger partial charge in [0.05, 0.1) is 0 Å². The van der Waals surface area contributed by atoms with E-state index in [1.54, 1.807) is 30.3 Å². The van der Waals surface area contributed by atoms with Crippen LogP contribution in [0.3, 0.4) is 0 Å². The SMILES string of the molecule is [N-]=[N+]=C(OC=O)c1ccccc1. The Morgan fingerprint density at radius 1 is 1.42 bits per heavy atom. The van der Waals surface area contributed by atoms with E-state index in [1.165, 1.54) is 0 Å². The lowest BCUT2D eigenvalue weighted by Crippen LogP contribution is -2.05. The molecule has 0 radical (unpaired) electrons. The fraction of sp³-hybridized carbons (Fsp3) is 0. The number of benzene rings is 1. The van der Waals surface area contributed by atoms with Crippen LogP contribution in [-0.4, -0.2) is 17.2 Å². The highest BCUT2D eigenvalue weighted by Crippen LogP contribution is 1.98. The molecule has 0 aromatic heterocycles. The van der Waals surface area contributed by atoms with Crippen LogP contribution in [0.2, 0.25) is 0 Å². The van der Waals surface area contributed by atoms with Crippen LogP contribution in [0.4, 0.5) is 0 Å². The smallest absolute Gasteiger partial charge is 0.361 e. The van der Waals surface area contributed by atoms with Crippen LogP contribution in [0.1, 0.15) is 5.56 Å². The maximum Gasteiger partial charge on any atom is 0.490 e. The van der Waals surface area contributed by atoms with Crippen LogP contribution in [0.25, 0.3) is 5.53 Å². The zero-order valence-electron chi connectivity index (χ0n) is 6.18. The van der Waals surface area contributed by atoms with Crippen LogP contribution >= 0.6 is 0 Å². The van der Waals surface area contributed by atoms with Gasteiger partial charge in [0.1, 0.15) is 5.56 Å². The van der Waals surface area contributed by atoms with Crippen molar-refractivity contribution in [3.05, 3.63) is 41.4 Å². The van der Waals surface area contributed by atoms with Crippen molar-refractivity contribution in [1.82, 2.24) is 0 Å². The third-order valence-corrected chi connectivity index (χ3v) is 1.27. The number of ether oxygens (including phenoxy) is 1. The van der Waals surface area contributed by atoms with E-state index in [4.69, 9.17) is 5.53 Å². The second-order valence-corrected chi connectivity index (χ2v) is 1.99. The largest absolute Gasteiger partial charge is 0.490 e. The van der Waals surface area contributed by atoms with Crippen LogP contribution in [0.5, 0.6) is 0 Å².